The molecule has 0 aromatic heterocycles. The highest BCUT2D eigenvalue weighted by molar-refractivity contribution is 5.81. The van der Waals surface area contributed by atoms with Crippen molar-refractivity contribution in [3.8, 4) is 11.8 Å². The van der Waals surface area contributed by atoms with Gasteiger partial charge in [-0.3, -0.25) is 4.79 Å². The molecule has 0 saturated carbocycles. The Morgan fingerprint density at radius 1 is 1.53 bits per heavy atom. The molecule has 19 heavy (non-hydrogen) atoms. The zero-order valence-electron chi connectivity index (χ0n) is 11.1. The van der Waals surface area contributed by atoms with Crippen LogP contribution in [0.25, 0.3) is 0 Å². The third kappa shape index (κ3) is 4.27. The molecule has 1 unspecified atom stereocenters. The molecule has 1 aromatic rings. The van der Waals surface area contributed by atoms with Crippen molar-refractivity contribution in [2.45, 2.75) is 32.4 Å². The number of carbonyl (C=O) groups is 1. The summed E-state index contributed by atoms with van der Waals surface area (Å²) in [4.78, 5) is 11.8. The van der Waals surface area contributed by atoms with Gasteiger partial charge in [-0.05, 0) is 25.5 Å². The zero-order chi connectivity index (χ0) is 14.3. The minimum atomic E-state index is -0.727. The van der Waals surface area contributed by atoms with Crippen LogP contribution in [0.1, 0.15) is 25.8 Å². The first-order valence-electron chi connectivity index (χ1n) is 6.19. The van der Waals surface area contributed by atoms with Crippen LogP contribution in [-0.2, 0) is 4.79 Å². The Balaban J connectivity index is 2.66. The minimum absolute atomic E-state index is 0.107. The Kier molecular flexibility index (Phi) is 5.83. The van der Waals surface area contributed by atoms with Crippen LogP contribution in [0.3, 0.4) is 0 Å². The molecule has 0 bridgehead atoms. The predicted octanol–water partition coefficient (Wildman–Crippen LogP) is 1.21. The van der Waals surface area contributed by atoms with Crippen molar-refractivity contribution in [2.24, 2.45) is 0 Å². The van der Waals surface area contributed by atoms with Gasteiger partial charge in [-0.1, -0.05) is 19.1 Å². The number of carbonyl (C=O) groups excluding carboxylic acids is 1. The average molecular weight is 262 g/mol. The van der Waals surface area contributed by atoms with E-state index >= 15 is 0 Å². The number of amides is 1. The van der Waals surface area contributed by atoms with E-state index in [1.807, 2.05) is 13.0 Å². The first-order chi connectivity index (χ1) is 9.12. The number of hydrogen-bond donors (Lipinski definition) is 2. The molecular formula is C14H18N2O3. The van der Waals surface area contributed by atoms with Crippen molar-refractivity contribution in [3.63, 3.8) is 0 Å². The molecule has 0 aliphatic rings. The SMILES string of the molecule is CC[C@H](CO)NC(=O)C(C)Oc1ccccc1C#N. The monoisotopic (exact) mass is 262 g/mol. The van der Waals surface area contributed by atoms with Crippen LogP contribution < -0.4 is 10.1 Å². The molecule has 0 spiro atoms. The van der Waals surface area contributed by atoms with Crippen molar-refractivity contribution >= 4 is 5.91 Å². The van der Waals surface area contributed by atoms with E-state index < -0.39 is 6.10 Å². The molecule has 0 fully saturated rings. The predicted molar refractivity (Wildman–Crippen MR) is 70.6 cm³/mol. The molecular weight excluding hydrogens is 244 g/mol. The molecule has 0 heterocycles. The van der Waals surface area contributed by atoms with Crippen LogP contribution in [0.15, 0.2) is 24.3 Å². The summed E-state index contributed by atoms with van der Waals surface area (Å²) < 4.78 is 5.47. The highest BCUT2D eigenvalue weighted by atomic mass is 16.5. The number of rotatable bonds is 6. The van der Waals surface area contributed by atoms with Crippen LogP contribution in [-0.4, -0.2) is 29.8 Å². The molecule has 0 aliphatic carbocycles. The first-order valence-corrected chi connectivity index (χ1v) is 6.19. The van der Waals surface area contributed by atoms with Crippen molar-refractivity contribution < 1.29 is 14.6 Å². The fraction of sp³-hybridized carbons (Fsp3) is 0.429. The third-order valence-electron chi connectivity index (χ3n) is 2.74. The van der Waals surface area contributed by atoms with Crippen molar-refractivity contribution in [1.82, 2.24) is 5.32 Å². The summed E-state index contributed by atoms with van der Waals surface area (Å²) in [6.45, 7) is 3.37. The Morgan fingerprint density at radius 3 is 2.79 bits per heavy atom. The lowest BCUT2D eigenvalue weighted by Gasteiger charge is -2.19. The Labute approximate surface area is 112 Å². The van der Waals surface area contributed by atoms with Crippen molar-refractivity contribution in [3.05, 3.63) is 29.8 Å². The van der Waals surface area contributed by atoms with Gasteiger partial charge in [0.2, 0.25) is 0 Å². The lowest BCUT2D eigenvalue weighted by atomic mass is 10.2. The number of nitrogens with one attached hydrogen (secondary N) is 1. The van der Waals surface area contributed by atoms with E-state index in [1.54, 1.807) is 31.2 Å². The van der Waals surface area contributed by atoms with Gasteiger partial charge in [0.1, 0.15) is 11.8 Å². The second-order valence-corrected chi connectivity index (χ2v) is 4.16. The molecule has 102 valence electrons. The summed E-state index contributed by atoms with van der Waals surface area (Å²) >= 11 is 0. The lowest BCUT2D eigenvalue weighted by Crippen LogP contribution is -2.43. The number of benzene rings is 1. The standard InChI is InChI=1S/C14H18N2O3/c1-3-12(9-17)16-14(18)10(2)19-13-7-5-4-6-11(13)8-15/h4-7,10,12,17H,3,9H2,1-2H3,(H,16,18)/t10?,12-/m1/s1. The number of ether oxygens (including phenoxy) is 1. The fourth-order valence-electron chi connectivity index (χ4n) is 1.50. The first kappa shape index (κ1) is 15.0. The van der Waals surface area contributed by atoms with Crippen LogP contribution in [0.4, 0.5) is 0 Å². The molecule has 1 aromatic carbocycles. The van der Waals surface area contributed by atoms with Crippen LogP contribution in [0, 0.1) is 11.3 Å². The normalized spacial score (nSPS) is 13.2. The highest BCUT2D eigenvalue weighted by Crippen LogP contribution is 2.18. The molecule has 1 amide bonds. The summed E-state index contributed by atoms with van der Waals surface area (Å²) in [6, 6.07) is 8.48. The molecule has 2 atom stereocenters. The number of nitriles is 1. The van der Waals surface area contributed by atoms with Crippen molar-refractivity contribution in [2.75, 3.05) is 6.61 Å². The molecule has 5 nitrogen and oxygen atoms in total. The average Bonchev–Trinajstić information content (AvgIpc) is 2.44. The molecule has 0 radical (unpaired) electrons. The van der Waals surface area contributed by atoms with Crippen LogP contribution in [0.2, 0.25) is 0 Å². The molecule has 2 N–H and O–H groups in total. The third-order valence-corrected chi connectivity index (χ3v) is 2.74. The van der Waals surface area contributed by atoms with E-state index in [0.717, 1.165) is 0 Å². The summed E-state index contributed by atoms with van der Waals surface area (Å²) in [5, 5.41) is 20.6. The van der Waals surface area contributed by atoms with E-state index in [9.17, 15) is 4.79 Å². The van der Waals surface area contributed by atoms with E-state index in [2.05, 4.69) is 5.32 Å². The number of nitrogens with zero attached hydrogens (tertiary/aromatic N) is 1. The Morgan fingerprint density at radius 2 is 2.21 bits per heavy atom. The Bertz CT molecular complexity index is 464. The van der Waals surface area contributed by atoms with E-state index in [0.29, 0.717) is 17.7 Å². The van der Waals surface area contributed by atoms with Crippen LogP contribution in [0.5, 0.6) is 5.75 Å². The molecule has 5 heteroatoms. The summed E-state index contributed by atoms with van der Waals surface area (Å²) in [7, 11) is 0. The number of aliphatic hydroxyl groups is 1. The summed E-state index contributed by atoms with van der Waals surface area (Å²) in [5.74, 6) is 0.0679. The van der Waals surface area contributed by atoms with Gasteiger partial charge in [-0.2, -0.15) is 5.26 Å². The quantitative estimate of drug-likeness (QED) is 0.807. The van der Waals surface area contributed by atoms with Gasteiger partial charge < -0.3 is 15.2 Å². The highest BCUT2D eigenvalue weighted by Gasteiger charge is 2.18. The molecule has 0 saturated heterocycles. The van der Waals surface area contributed by atoms with Gasteiger partial charge in [-0.15, -0.1) is 0 Å². The zero-order valence-corrected chi connectivity index (χ0v) is 11.1. The number of aliphatic hydroxyl groups excluding tert-OH is 1. The summed E-state index contributed by atoms with van der Waals surface area (Å²) in [6.07, 6.45) is -0.0842. The largest absolute Gasteiger partial charge is 0.480 e. The lowest BCUT2D eigenvalue weighted by molar-refractivity contribution is -0.128. The van der Waals surface area contributed by atoms with E-state index in [-0.39, 0.29) is 18.6 Å². The maximum Gasteiger partial charge on any atom is 0.261 e. The molecule has 1 rings (SSSR count). The van der Waals surface area contributed by atoms with E-state index in [4.69, 9.17) is 15.1 Å². The second-order valence-electron chi connectivity index (χ2n) is 4.16. The maximum atomic E-state index is 11.8. The fourth-order valence-corrected chi connectivity index (χ4v) is 1.50. The van der Waals surface area contributed by atoms with Crippen LogP contribution >= 0.6 is 0 Å². The van der Waals surface area contributed by atoms with Gasteiger partial charge >= 0.3 is 0 Å². The minimum Gasteiger partial charge on any atom is -0.480 e. The Hall–Kier alpha value is -2.06. The van der Waals surface area contributed by atoms with Gasteiger partial charge in [0.05, 0.1) is 18.2 Å². The van der Waals surface area contributed by atoms with Gasteiger partial charge in [-0.25, -0.2) is 0 Å². The number of hydrogen-bond acceptors (Lipinski definition) is 4. The van der Waals surface area contributed by atoms with Crippen molar-refractivity contribution in [1.29, 1.82) is 5.26 Å². The number of para-hydroxylation sites is 1. The summed E-state index contributed by atoms with van der Waals surface area (Å²) in [5.41, 5.74) is 0.386. The van der Waals surface area contributed by atoms with Gasteiger partial charge in [0.25, 0.3) is 5.91 Å². The van der Waals surface area contributed by atoms with Gasteiger partial charge in [0, 0.05) is 0 Å². The molecule has 0 aliphatic heterocycles. The topological polar surface area (TPSA) is 82.3 Å². The van der Waals surface area contributed by atoms with E-state index in [1.165, 1.54) is 0 Å². The maximum absolute atomic E-state index is 11.8. The van der Waals surface area contributed by atoms with Gasteiger partial charge in [0.15, 0.2) is 6.10 Å². The second kappa shape index (κ2) is 7.39. The smallest absolute Gasteiger partial charge is 0.261 e.